The van der Waals surface area contributed by atoms with E-state index < -0.39 is 11.9 Å². The van der Waals surface area contributed by atoms with Gasteiger partial charge in [0.15, 0.2) is 17.4 Å². The summed E-state index contributed by atoms with van der Waals surface area (Å²) in [6.45, 7) is 6.74. The molecule has 0 aromatic carbocycles. The average molecular weight is 267 g/mol. The second-order valence-electron chi connectivity index (χ2n) is 2.44. The smallest absolute Gasteiger partial charge is 0.303 e. The van der Waals surface area contributed by atoms with Crippen LogP contribution in [0.4, 0.5) is 0 Å². The van der Waals surface area contributed by atoms with E-state index in [2.05, 4.69) is 13.2 Å². The van der Waals surface area contributed by atoms with Gasteiger partial charge >= 0.3 is 11.9 Å². The normalized spacial score (nSPS) is 7.00. The molecule has 0 aromatic heterocycles. The van der Waals surface area contributed by atoms with Crippen LogP contribution in [0.3, 0.4) is 0 Å². The highest BCUT2D eigenvalue weighted by molar-refractivity contribution is 5.85. The molecule has 0 radical (unpaired) electrons. The summed E-state index contributed by atoms with van der Waals surface area (Å²) in [5.41, 5.74) is 0. The maximum Gasteiger partial charge on any atom is 0.303 e. The van der Waals surface area contributed by atoms with Gasteiger partial charge in [0.25, 0.3) is 0 Å². The Kier molecular flexibility index (Phi) is 30.2. The fraction of sp³-hybridized carbons (Fsp3) is 0.400. The van der Waals surface area contributed by atoms with Gasteiger partial charge in [0.1, 0.15) is 0 Å². The lowest BCUT2D eigenvalue weighted by Crippen LogP contribution is -1.90. The van der Waals surface area contributed by atoms with Crippen molar-refractivity contribution in [1.29, 1.82) is 0 Å². The van der Waals surface area contributed by atoms with Crippen LogP contribution >= 0.6 is 12.4 Å². The van der Waals surface area contributed by atoms with E-state index in [1.54, 1.807) is 12.2 Å². The SMILES string of the molecule is C=CCCC(=O)O.C=CCCC(=O)O.Cl.[AlH3]. The number of carbonyl (C=O) groups is 2. The van der Waals surface area contributed by atoms with Crippen molar-refractivity contribution in [3.05, 3.63) is 25.3 Å². The first-order valence-electron chi connectivity index (χ1n) is 4.20. The van der Waals surface area contributed by atoms with Gasteiger partial charge < -0.3 is 10.2 Å². The van der Waals surface area contributed by atoms with Crippen LogP contribution in [0.1, 0.15) is 25.7 Å². The fourth-order valence-electron chi connectivity index (χ4n) is 0.451. The molecule has 0 aliphatic heterocycles. The van der Waals surface area contributed by atoms with Crippen LogP contribution < -0.4 is 0 Å². The first kappa shape index (κ1) is 24.5. The summed E-state index contributed by atoms with van der Waals surface area (Å²) >= 11 is 0. The third kappa shape index (κ3) is 37.8. The Morgan fingerprint density at radius 1 is 0.938 bits per heavy atom. The molecule has 0 bridgehead atoms. The highest BCUT2D eigenvalue weighted by Gasteiger charge is 1.89. The summed E-state index contributed by atoms with van der Waals surface area (Å²) in [6, 6.07) is 0. The van der Waals surface area contributed by atoms with Gasteiger partial charge in [-0.2, -0.15) is 0 Å². The average Bonchev–Trinajstić information content (AvgIpc) is 2.12. The van der Waals surface area contributed by atoms with Crippen molar-refractivity contribution in [2.45, 2.75) is 25.7 Å². The molecule has 2 N–H and O–H groups in total. The van der Waals surface area contributed by atoms with Crippen molar-refractivity contribution < 1.29 is 19.8 Å². The molecule has 0 heterocycles. The Labute approximate surface area is 113 Å². The summed E-state index contributed by atoms with van der Waals surface area (Å²) in [7, 11) is 0. The monoisotopic (exact) mass is 266 g/mol. The molecule has 0 fully saturated rings. The van der Waals surface area contributed by atoms with Gasteiger partial charge in [-0.1, -0.05) is 12.2 Å². The van der Waals surface area contributed by atoms with Crippen molar-refractivity contribution in [2.75, 3.05) is 0 Å². The molecule has 0 aromatic rings. The predicted octanol–water partition coefficient (Wildman–Crippen LogP) is 1.31. The van der Waals surface area contributed by atoms with Crippen LogP contribution in [0.25, 0.3) is 0 Å². The van der Waals surface area contributed by atoms with E-state index in [9.17, 15) is 9.59 Å². The van der Waals surface area contributed by atoms with Crippen molar-refractivity contribution >= 4 is 41.7 Å². The minimum absolute atomic E-state index is 0. The molecule has 0 atom stereocenters. The molecule has 0 saturated carbocycles. The number of aliphatic carboxylic acids is 2. The van der Waals surface area contributed by atoms with Gasteiger partial charge in [-0.05, 0) is 12.8 Å². The summed E-state index contributed by atoms with van der Waals surface area (Å²) < 4.78 is 0. The topological polar surface area (TPSA) is 74.6 Å². The van der Waals surface area contributed by atoms with Gasteiger partial charge in [-0.15, -0.1) is 25.6 Å². The van der Waals surface area contributed by atoms with Gasteiger partial charge in [0.2, 0.25) is 0 Å². The molecule has 0 rings (SSSR count). The van der Waals surface area contributed by atoms with Crippen LogP contribution in [0.15, 0.2) is 25.3 Å². The number of hydrogen-bond donors (Lipinski definition) is 2. The lowest BCUT2D eigenvalue weighted by Gasteiger charge is -1.82. The Balaban J connectivity index is -0.0000000800. The summed E-state index contributed by atoms with van der Waals surface area (Å²) in [5.74, 6) is -1.53. The third-order valence-corrected chi connectivity index (χ3v) is 1.12. The quantitative estimate of drug-likeness (QED) is 0.562. The van der Waals surface area contributed by atoms with E-state index in [0.717, 1.165) is 0 Å². The molecular weight excluding hydrogens is 247 g/mol. The molecule has 0 aliphatic rings. The van der Waals surface area contributed by atoms with Crippen LogP contribution in [0.2, 0.25) is 0 Å². The first-order chi connectivity index (χ1) is 6.54. The Hall–Kier alpha value is -0.758. The number of carboxylic acid groups (broad SMARTS) is 2. The zero-order valence-corrected chi connectivity index (χ0v) is 9.33. The maximum atomic E-state index is 9.71. The zero-order chi connectivity index (χ0) is 11.4. The molecule has 0 saturated heterocycles. The van der Waals surface area contributed by atoms with E-state index in [1.807, 2.05) is 0 Å². The largest absolute Gasteiger partial charge is 0.481 e. The minimum Gasteiger partial charge on any atom is -0.481 e. The zero-order valence-electron chi connectivity index (χ0n) is 8.52. The maximum absolute atomic E-state index is 9.71. The molecule has 16 heavy (non-hydrogen) atoms. The van der Waals surface area contributed by atoms with Crippen molar-refractivity contribution in [3.8, 4) is 0 Å². The number of hydrogen-bond acceptors (Lipinski definition) is 2. The molecule has 0 aliphatic carbocycles. The van der Waals surface area contributed by atoms with Crippen molar-refractivity contribution in [2.24, 2.45) is 0 Å². The molecular formula is C10H20AlClO4. The third-order valence-electron chi connectivity index (χ3n) is 1.12. The van der Waals surface area contributed by atoms with E-state index >= 15 is 0 Å². The molecule has 0 unspecified atom stereocenters. The Bertz CT molecular complexity index is 185. The van der Waals surface area contributed by atoms with Gasteiger partial charge in [0, 0.05) is 12.8 Å². The standard InChI is InChI=1S/2C5H8O2.Al.ClH.3H/c2*1-2-3-4-5(6)7;;;;;/h2*2H,1,3-4H2,(H,6,7);;1H;;;. The number of carboxylic acids is 2. The van der Waals surface area contributed by atoms with Crippen LogP contribution in [-0.4, -0.2) is 39.5 Å². The highest BCUT2D eigenvalue weighted by Crippen LogP contribution is 1.86. The van der Waals surface area contributed by atoms with Gasteiger partial charge in [-0.25, -0.2) is 0 Å². The van der Waals surface area contributed by atoms with Gasteiger partial charge in [-0.3, -0.25) is 9.59 Å². The van der Waals surface area contributed by atoms with Crippen LogP contribution in [0.5, 0.6) is 0 Å². The fourth-order valence-corrected chi connectivity index (χ4v) is 0.451. The second kappa shape index (κ2) is 19.8. The number of rotatable bonds is 6. The molecule has 0 spiro atoms. The van der Waals surface area contributed by atoms with Crippen LogP contribution in [0, 0.1) is 0 Å². The lowest BCUT2D eigenvalue weighted by molar-refractivity contribution is -0.137. The summed E-state index contributed by atoms with van der Waals surface area (Å²) in [4.78, 5) is 19.4. The van der Waals surface area contributed by atoms with Crippen molar-refractivity contribution in [3.63, 3.8) is 0 Å². The number of halogens is 1. The summed E-state index contributed by atoms with van der Waals surface area (Å²) in [6.07, 6.45) is 4.71. The van der Waals surface area contributed by atoms with Crippen molar-refractivity contribution in [1.82, 2.24) is 0 Å². The molecule has 0 amide bonds. The minimum atomic E-state index is -0.764. The lowest BCUT2D eigenvalue weighted by atomic mass is 10.3. The molecule has 6 heteroatoms. The van der Waals surface area contributed by atoms with Crippen LogP contribution in [-0.2, 0) is 9.59 Å². The van der Waals surface area contributed by atoms with E-state index in [0.29, 0.717) is 12.8 Å². The molecule has 4 nitrogen and oxygen atoms in total. The Morgan fingerprint density at radius 3 is 1.25 bits per heavy atom. The van der Waals surface area contributed by atoms with Gasteiger partial charge in [0.05, 0.1) is 0 Å². The second-order valence-corrected chi connectivity index (χ2v) is 2.44. The number of allylic oxidation sites excluding steroid dienone is 2. The Morgan fingerprint density at radius 2 is 1.19 bits per heavy atom. The first-order valence-corrected chi connectivity index (χ1v) is 4.20. The summed E-state index contributed by atoms with van der Waals surface area (Å²) in [5, 5.41) is 16.0. The predicted molar refractivity (Wildman–Crippen MR) is 71.3 cm³/mol. The van der Waals surface area contributed by atoms with E-state index in [-0.39, 0.29) is 42.6 Å². The highest BCUT2D eigenvalue weighted by atomic mass is 35.5. The van der Waals surface area contributed by atoms with E-state index in [4.69, 9.17) is 10.2 Å². The molecule has 94 valence electrons. The van der Waals surface area contributed by atoms with E-state index in [1.165, 1.54) is 0 Å².